The molecule has 32 heavy (non-hydrogen) atoms. The van der Waals surface area contributed by atoms with Gasteiger partial charge in [0.15, 0.2) is 0 Å². The number of ether oxygens (including phenoxy) is 1. The van der Waals surface area contributed by atoms with Crippen LogP contribution in [0.3, 0.4) is 0 Å². The van der Waals surface area contributed by atoms with Crippen molar-refractivity contribution in [1.29, 1.82) is 0 Å². The van der Waals surface area contributed by atoms with E-state index in [1.807, 2.05) is 6.92 Å². The summed E-state index contributed by atoms with van der Waals surface area (Å²) >= 11 is 0. The van der Waals surface area contributed by atoms with Gasteiger partial charge in [-0.15, -0.1) is 5.06 Å². The second-order valence-corrected chi connectivity index (χ2v) is 7.10. The number of amides is 4. The maximum atomic E-state index is 11.2. The number of hydrogen-bond donors (Lipinski definition) is 1. The molecule has 0 aromatic rings. The van der Waals surface area contributed by atoms with Crippen molar-refractivity contribution in [3.8, 4) is 0 Å². The lowest BCUT2D eigenvalue weighted by atomic mass is 10.2. The van der Waals surface area contributed by atoms with E-state index in [1.165, 1.54) is 12.8 Å². The normalized spacial score (nSPS) is 15.2. The molecule has 2 rings (SSSR count). The second-order valence-electron chi connectivity index (χ2n) is 7.10. The van der Waals surface area contributed by atoms with E-state index in [2.05, 4.69) is 11.8 Å². The first-order chi connectivity index (χ1) is 15.1. The zero-order valence-corrected chi connectivity index (χ0v) is 19.1. The van der Waals surface area contributed by atoms with Gasteiger partial charge in [-0.2, -0.15) is 5.06 Å². The van der Waals surface area contributed by atoms with Crippen molar-refractivity contribution < 1.29 is 43.5 Å². The third-order valence-electron chi connectivity index (χ3n) is 4.23. The lowest BCUT2D eigenvalue weighted by Crippen LogP contribution is -2.32. The second kappa shape index (κ2) is 17.0. The van der Waals surface area contributed by atoms with Crippen LogP contribution >= 0.6 is 0 Å². The van der Waals surface area contributed by atoms with E-state index >= 15 is 0 Å². The highest BCUT2D eigenvalue weighted by Crippen LogP contribution is 2.12. The smallest absolute Gasteiger partial charge is 0.333 e. The quantitative estimate of drug-likeness (QED) is 0.295. The summed E-state index contributed by atoms with van der Waals surface area (Å²) in [6, 6.07) is 0. The molecular weight excluding hydrogens is 424 g/mol. The van der Waals surface area contributed by atoms with Crippen LogP contribution in [-0.2, 0) is 38.3 Å². The summed E-state index contributed by atoms with van der Waals surface area (Å²) in [6.45, 7) is 6.71. The van der Waals surface area contributed by atoms with E-state index in [4.69, 9.17) is 9.94 Å². The maximum absolute atomic E-state index is 11.2. The van der Waals surface area contributed by atoms with Crippen LogP contribution in [0.5, 0.6) is 0 Å². The summed E-state index contributed by atoms with van der Waals surface area (Å²) < 4.78 is 5.04. The van der Waals surface area contributed by atoms with Crippen molar-refractivity contribution >= 4 is 35.4 Å². The monoisotopic (exact) mass is 458 g/mol. The number of ketones is 1. The molecule has 4 amide bonds. The first-order valence-electron chi connectivity index (χ1n) is 10.8. The highest BCUT2D eigenvalue weighted by atomic mass is 16.7. The van der Waals surface area contributed by atoms with Gasteiger partial charge < -0.3 is 14.4 Å². The average Bonchev–Trinajstić information content (AvgIpc) is 3.22. The van der Waals surface area contributed by atoms with Gasteiger partial charge in [-0.25, -0.2) is 4.79 Å². The Bertz CT molecular complexity index is 632. The minimum Gasteiger partial charge on any atom is -0.382 e. The van der Waals surface area contributed by atoms with E-state index in [9.17, 15) is 28.8 Å². The Morgan fingerprint density at radius 2 is 1.38 bits per heavy atom. The topological polar surface area (TPSA) is 148 Å². The van der Waals surface area contributed by atoms with Crippen LogP contribution in [0.4, 0.5) is 0 Å². The van der Waals surface area contributed by atoms with Crippen LogP contribution in [0.25, 0.3) is 0 Å². The highest BCUT2D eigenvalue weighted by molar-refractivity contribution is 6.01. The molecule has 2 aliphatic heterocycles. The number of carbonyl (C=O) groups excluding carboxylic acids is 6. The molecular formula is C21H34N2O9. The molecule has 2 heterocycles. The van der Waals surface area contributed by atoms with Gasteiger partial charge in [0.2, 0.25) is 0 Å². The highest BCUT2D eigenvalue weighted by Gasteiger charge is 2.32. The molecule has 0 aliphatic carbocycles. The molecule has 11 heteroatoms. The molecule has 0 atom stereocenters. The van der Waals surface area contributed by atoms with E-state index in [-0.39, 0.29) is 37.2 Å². The van der Waals surface area contributed by atoms with E-state index < -0.39 is 29.6 Å². The zero-order chi connectivity index (χ0) is 24.5. The molecule has 0 aromatic heterocycles. The Labute approximate surface area is 187 Å². The Morgan fingerprint density at radius 1 is 0.844 bits per heavy atom. The van der Waals surface area contributed by atoms with Gasteiger partial charge in [-0.05, 0) is 26.7 Å². The minimum absolute atomic E-state index is 0.116. The summed E-state index contributed by atoms with van der Waals surface area (Å²) in [4.78, 5) is 68.9. The zero-order valence-electron chi connectivity index (χ0n) is 19.1. The molecule has 1 N–H and O–H groups in total. The lowest BCUT2D eigenvalue weighted by Gasteiger charge is -2.12. The van der Waals surface area contributed by atoms with Crippen LogP contribution < -0.4 is 0 Å². The number of hydroxylamine groups is 4. The molecule has 2 saturated heterocycles. The largest absolute Gasteiger partial charge is 0.382 e. The Morgan fingerprint density at radius 3 is 1.78 bits per heavy atom. The summed E-state index contributed by atoms with van der Waals surface area (Å²) in [7, 11) is 0. The molecule has 0 aromatic carbocycles. The predicted molar refractivity (Wildman–Crippen MR) is 111 cm³/mol. The van der Waals surface area contributed by atoms with Crippen LogP contribution in [0.1, 0.15) is 85.0 Å². The molecule has 2 aliphatic rings. The number of carbonyl (C=O) groups is 6. The first kappa shape index (κ1) is 29.3. The Kier molecular flexibility index (Phi) is 15.6. The standard InChI is InChI=1S/C10H15NO5.C7H14O.C4H5NO3/c1-2-15-7-3-4-10(14)16-11-8(12)5-6-9(11)13;1-3-4-5-6-7(2)8;6-3-1-2-4(7)5(3)8/h2-7H2,1H3;3-6H2,1-2H3;8H,1-2H2. The number of nitrogens with zero attached hydrogens (tertiary/aromatic N) is 2. The fraction of sp³-hybridized carbons (Fsp3) is 0.714. The number of hydrogen-bond acceptors (Lipinski definition) is 9. The summed E-state index contributed by atoms with van der Waals surface area (Å²) in [6.07, 6.45) is 5.42. The van der Waals surface area contributed by atoms with Crippen LogP contribution in [0.2, 0.25) is 0 Å². The van der Waals surface area contributed by atoms with Crippen LogP contribution in [0, 0.1) is 0 Å². The van der Waals surface area contributed by atoms with E-state index in [0.29, 0.717) is 30.5 Å². The molecule has 182 valence electrons. The van der Waals surface area contributed by atoms with Gasteiger partial charge >= 0.3 is 5.97 Å². The van der Waals surface area contributed by atoms with Crippen molar-refractivity contribution in [3.63, 3.8) is 0 Å². The maximum Gasteiger partial charge on any atom is 0.333 e. The molecule has 0 bridgehead atoms. The molecule has 0 spiro atoms. The van der Waals surface area contributed by atoms with Crippen LogP contribution in [-0.4, -0.2) is 63.9 Å². The summed E-state index contributed by atoms with van der Waals surface area (Å²) in [5.41, 5.74) is 0. The van der Waals surface area contributed by atoms with Gasteiger partial charge in [-0.3, -0.25) is 24.4 Å². The van der Waals surface area contributed by atoms with Crippen molar-refractivity contribution in [2.45, 2.75) is 85.0 Å². The summed E-state index contributed by atoms with van der Waals surface area (Å²) in [5.74, 6) is -2.18. The van der Waals surface area contributed by atoms with Gasteiger partial charge in [-0.1, -0.05) is 19.8 Å². The fourth-order valence-corrected chi connectivity index (χ4v) is 2.46. The van der Waals surface area contributed by atoms with Gasteiger partial charge in [0.25, 0.3) is 23.6 Å². The van der Waals surface area contributed by atoms with E-state index in [0.717, 1.165) is 12.8 Å². The Balaban J connectivity index is 0.000000504. The predicted octanol–water partition coefficient (Wildman–Crippen LogP) is 2.09. The first-order valence-corrected chi connectivity index (χ1v) is 10.8. The third kappa shape index (κ3) is 12.9. The molecule has 0 unspecified atom stereocenters. The lowest BCUT2D eigenvalue weighted by molar-refractivity contribution is -0.197. The average molecular weight is 459 g/mol. The Hall–Kier alpha value is -2.66. The SMILES string of the molecule is CCCCCC(C)=O.CCOCCCC(=O)ON1C(=O)CCC1=O.O=C1CCC(=O)N1O. The van der Waals surface area contributed by atoms with Crippen molar-refractivity contribution in [1.82, 2.24) is 10.1 Å². The van der Waals surface area contributed by atoms with Crippen molar-refractivity contribution in [2.75, 3.05) is 13.2 Å². The number of rotatable bonds is 10. The van der Waals surface area contributed by atoms with Crippen molar-refractivity contribution in [2.24, 2.45) is 0 Å². The molecule has 0 radical (unpaired) electrons. The van der Waals surface area contributed by atoms with Gasteiger partial charge in [0, 0.05) is 45.3 Å². The minimum atomic E-state index is -0.580. The number of imide groups is 2. The molecule has 0 saturated carbocycles. The van der Waals surface area contributed by atoms with Crippen molar-refractivity contribution in [3.05, 3.63) is 0 Å². The van der Waals surface area contributed by atoms with Crippen LogP contribution in [0.15, 0.2) is 0 Å². The summed E-state index contributed by atoms with van der Waals surface area (Å²) in [5, 5.41) is 9.13. The number of Topliss-reactive ketones (excluding diaryl/α,β-unsaturated/α-hetero) is 1. The number of unbranched alkanes of at least 4 members (excludes halogenated alkanes) is 2. The van der Waals surface area contributed by atoms with Gasteiger partial charge in [0.1, 0.15) is 5.78 Å². The molecule has 2 fully saturated rings. The molecule has 11 nitrogen and oxygen atoms in total. The van der Waals surface area contributed by atoms with E-state index in [1.54, 1.807) is 6.92 Å². The third-order valence-corrected chi connectivity index (χ3v) is 4.23. The van der Waals surface area contributed by atoms with Gasteiger partial charge in [0.05, 0.1) is 6.42 Å². The fourth-order valence-electron chi connectivity index (χ4n) is 2.46.